The highest BCUT2D eigenvalue weighted by Crippen LogP contribution is 2.09. The van der Waals surface area contributed by atoms with Crippen molar-refractivity contribution in [2.24, 2.45) is 10.9 Å². The highest BCUT2D eigenvalue weighted by molar-refractivity contribution is 14.0. The Morgan fingerprint density at radius 1 is 1.18 bits per heavy atom. The Hall–Kier alpha value is -1.61. The zero-order chi connectivity index (χ0) is 19.3. The zero-order valence-corrected chi connectivity index (χ0v) is 19.3. The quantitative estimate of drug-likeness (QED) is 0.252. The number of imidazole rings is 1. The second kappa shape index (κ2) is 14.4. The minimum absolute atomic E-state index is 0. The van der Waals surface area contributed by atoms with E-state index in [9.17, 15) is 5.11 Å². The summed E-state index contributed by atoms with van der Waals surface area (Å²) in [4.78, 5) is 9.16. The van der Waals surface area contributed by atoms with E-state index < -0.39 is 0 Å². The van der Waals surface area contributed by atoms with Gasteiger partial charge in [0.15, 0.2) is 5.96 Å². The fourth-order valence-corrected chi connectivity index (χ4v) is 3.09. The van der Waals surface area contributed by atoms with Gasteiger partial charge in [-0.1, -0.05) is 43.7 Å². The topological polar surface area (TPSA) is 74.5 Å². The molecule has 2 aromatic rings. The lowest BCUT2D eigenvalue weighted by atomic mass is 10.0. The van der Waals surface area contributed by atoms with Crippen LogP contribution >= 0.6 is 24.0 Å². The molecule has 0 aliphatic rings. The number of aromatic nitrogens is 2. The Balaban J connectivity index is 0.00000392. The molecule has 0 amide bonds. The second-order valence-electron chi connectivity index (χ2n) is 6.70. The molecular weight excluding hydrogens is 465 g/mol. The minimum Gasteiger partial charge on any atom is -0.396 e. The van der Waals surface area contributed by atoms with Gasteiger partial charge in [-0.25, -0.2) is 9.98 Å². The molecule has 0 radical (unpaired) electrons. The molecule has 7 heteroatoms. The number of nitrogens with zero attached hydrogens (tertiary/aromatic N) is 3. The molecule has 28 heavy (non-hydrogen) atoms. The first-order valence-electron chi connectivity index (χ1n) is 9.93. The maximum atomic E-state index is 9.23. The fraction of sp³-hybridized carbons (Fsp3) is 0.524. The molecule has 2 rings (SSSR count). The van der Waals surface area contributed by atoms with Crippen molar-refractivity contribution >= 4 is 29.9 Å². The summed E-state index contributed by atoms with van der Waals surface area (Å²) >= 11 is 0. The number of aliphatic hydroxyl groups excluding tert-OH is 1. The first-order valence-corrected chi connectivity index (χ1v) is 9.93. The van der Waals surface area contributed by atoms with Crippen molar-refractivity contribution in [3.8, 4) is 0 Å². The summed E-state index contributed by atoms with van der Waals surface area (Å²) in [5, 5.41) is 15.9. The molecule has 0 spiro atoms. The van der Waals surface area contributed by atoms with E-state index in [1.54, 1.807) is 0 Å². The van der Waals surface area contributed by atoms with Gasteiger partial charge >= 0.3 is 0 Å². The van der Waals surface area contributed by atoms with Crippen LogP contribution in [0.4, 0.5) is 0 Å². The lowest BCUT2D eigenvalue weighted by Crippen LogP contribution is -2.40. The number of aliphatic hydroxyl groups is 1. The number of benzene rings is 1. The van der Waals surface area contributed by atoms with Crippen LogP contribution in [0.3, 0.4) is 0 Å². The average molecular weight is 499 g/mol. The lowest BCUT2D eigenvalue weighted by molar-refractivity contribution is 0.251. The maximum Gasteiger partial charge on any atom is 0.191 e. The SMILES string of the molecule is CCCC(CCO)CNC(=NCc1nccn1Cc1ccccc1)NCC.I. The van der Waals surface area contributed by atoms with Crippen LogP contribution in [0, 0.1) is 5.92 Å². The molecule has 1 aromatic heterocycles. The van der Waals surface area contributed by atoms with Gasteiger partial charge in [0.25, 0.3) is 0 Å². The summed E-state index contributed by atoms with van der Waals surface area (Å²) in [6.07, 6.45) is 6.87. The van der Waals surface area contributed by atoms with Crippen molar-refractivity contribution in [2.75, 3.05) is 19.7 Å². The molecule has 3 N–H and O–H groups in total. The molecule has 6 nitrogen and oxygen atoms in total. The van der Waals surface area contributed by atoms with Crippen LogP contribution in [0.5, 0.6) is 0 Å². The van der Waals surface area contributed by atoms with Crippen LogP contribution < -0.4 is 10.6 Å². The predicted molar refractivity (Wildman–Crippen MR) is 126 cm³/mol. The van der Waals surface area contributed by atoms with E-state index in [1.165, 1.54) is 5.56 Å². The fourth-order valence-electron chi connectivity index (χ4n) is 3.09. The van der Waals surface area contributed by atoms with E-state index in [2.05, 4.69) is 58.3 Å². The molecular formula is C21H34IN5O. The van der Waals surface area contributed by atoms with Gasteiger partial charge in [0, 0.05) is 38.6 Å². The van der Waals surface area contributed by atoms with Crippen molar-refractivity contribution in [3.63, 3.8) is 0 Å². The number of nitrogens with one attached hydrogen (secondary N) is 2. The van der Waals surface area contributed by atoms with Crippen molar-refractivity contribution in [1.29, 1.82) is 0 Å². The summed E-state index contributed by atoms with van der Waals surface area (Å²) in [5.74, 6) is 2.20. The van der Waals surface area contributed by atoms with E-state index in [0.717, 1.165) is 50.7 Å². The number of rotatable bonds is 11. The van der Waals surface area contributed by atoms with Crippen LogP contribution in [-0.4, -0.2) is 40.3 Å². The number of hydrogen-bond acceptors (Lipinski definition) is 3. The highest BCUT2D eigenvalue weighted by Gasteiger charge is 2.09. The van der Waals surface area contributed by atoms with Crippen LogP contribution in [0.2, 0.25) is 0 Å². The van der Waals surface area contributed by atoms with Crippen LogP contribution in [0.15, 0.2) is 47.7 Å². The Labute approximate surface area is 185 Å². The number of hydrogen-bond donors (Lipinski definition) is 3. The van der Waals surface area contributed by atoms with Crippen molar-refractivity contribution in [3.05, 3.63) is 54.1 Å². The Morgan fingerprint density at radius 3 is 2.64 bits per heavy atom. The molecule has 1 unspecified atom stereocenters. The molecule has 0 saturated heterocycles. The number of halogens is 1. The second-order valence-corrected chi connectivity index (χ2v) is 6.70. The molecule has 1 atom stereocenters. The largest absolute Gasteiger partial charge is 0.396 e. The summed E-state index contributed by atoms with van der Waals surface area (Å²) in [7, 11) is 0. The zero-order valence-electron chi connectivity index (χ0n) is 17.0. The third kappa shape index (κ3) is 8.60. The standard InChI is InChI=1S/C21H33N5O.HI/c1-3-8-18(11-14-27)15-24-21(22-4-2)25-16-20-23-12-13-26(20)17-19-9-6-5-7-10-19;/h5-7,9-10,12-13,18,27H,3-4,8,11,14-17H2,1-2H3,(H2,22,24,25);1H. The van der Waals surface area contributed by atoms with Gasteiger partial charge in [-0.3, -0.25) is 0 Å². The molecule has 156 valence electrons. The maximum absolute atomic E-state index is 9.23. The monoisotopic (exact) mass is 499 g/mol. The molecule has 0 aliphatic heterocycles. The summed E-state index contributed by atoms with van der Waals surface area (Å²) in [5.41, 5.74) is 1.25. The van der Waals surface area contributed by atoms with Gasteiger partial charge in [0.05, 0.1) is 0 Å². The van der Waals surface area contributed by atoms with Gasteiger partial charge in [0.1, 0.15) is 12.4 Å². The van der Waals surface area contributed by atoms with E-state index >= 15 is 0 Å². The molecule has 0 bridgehead atoms. The molecule has 1 aromatic carbocycles. The molecule has 0 saturated carbocycles. The van der Waals surface area contributed by atoms with Gasteiger partial charge in [-0.2, -0.15) is 0 Å². The summed E-state index contributed by atoms with van der Waals surface area (Å²) in [6.45, 7) is 7.41. The predicted octanol–water partition coefficient (Wildman–Crippen LogP) is 3.40. The van der Waals surface area contributed by atoms with E-state index in [1.807, 2.05) is 18.5 Å². The minimum atomic E-state index is 0. The summed E-state index contributed by atoms with van der Waals surface area (Å²) < 4.78 is 2.13. The van der Waals surface area contributed by atoms with Gasteiger partial charge in [-0.05, 0) is 31.2 Å². The van der Waals surface area contributed by atoms with Gasteiger partial charge < -0.3 is 20.3 Å². The van der Waals surface area contributed by atoms with E-state index in [4.69, 9.17) is 4.99 Å². The molecule has 0 aliphatic carbocycles. The van der Waals surface area contributed by atoms with Gasteiger partial charge in [0.2, 0.25) is 0 Å². The number of guanidine groups is 1. The van der Waals surface area contributed by atoms with E-state index in [0.29, 0.717) is 12.5 Å². The van der Waals surface area contributed by atoms with E-state index in [-0.39, 0.29) is 30.6 Å². The van der Waals surface area contributed by atoms with Crippen molar-refractivity contribution in [1.82, 2.24) is 20.2 Å². The van der Waals surface area contributed by atoms with Crippen molar-refractivity contribution in [2.45, 2.75) is 46.2 Å². The average Bonchev–Trinajstić information content (AvgIpc) is 3.12. The Bertz CT molecular complexity index is 668. The van der Waals surface area contributed by atoms with Crippen molar-refractivity contribution < 1.29 is 5.11 Å². The lowest BCUT2D eigenvalue weighted by Gasteiger charge is -2.18. The van der Waals surface area contributed by atoms with Crippen LogP contribution in [-0.2, 0) is 13.1 Å². The first kappa shape index (κ1) is 24.4. The third-order valence-electron chi connectivity index (χ3n) is 4.51. The smallest absolute Gasteiger partial charge is 0.191 e. The normalized spacial score (nSPS) is 12.3. The molecule has 0 fully saturated rings. The van der Waals surface area contributed by atoms with Crippen LogP contribution in [0.1, 0.15) is 44.5 Å². The molecule has 1 heterocycles. The Kier molecular flexibility index (Phi) is 12.6. The Morgan fingerprint density at radius 2 is 1.96 bits per heavy atom. The third-order valence-corrected chi connectivity index (χ3v) is 4.51. The highest BCUT2D eigenvalue weighted by atomic mass is 127. The van der Waals surface area contributed by atoms with Crippen LogP contribution in [0.25, 0.3) is 0 Å². The first-order chi connectivity index (χ1) is 13.3. The summed E-state index contributed by atoms with van der Waals surface area (Å²) in [6, 6.07) is 10.4. The number of aliphatic imine (C=N–C) groups is 1. The van der Waals surface area contributed by atoms with Gasteiger partial charge in [-0.15, -0.1) is 24.0 Å².